The van der Waals surface area contributed by atoms with Crippen LogP contribution in [0.25, 0.3) is 10.1 Å². The van der Waals surface area contributed by atoms with Crippen molar-refractivity contribution in [2.75, 3.05) is 17.7 Å². The van der Waals surface area contributed by atoms with Crippen LogP contribution >= 0.6 is 22.9 Å². The number of aromatic nitrogens is 1. The number of fused-ring (bicyclic) bond motifs is 1. The number of carbonyl (C=O) groups is 2. The summed E-state index contributed by atoms with van der Waals surface area (Å²) in [5.74, 6) is 0.1000. The lowest BCUT2D eigenvalue weighted by molar-refractivity contribution is 0.0958. The lowest BCUT2D eigenvalue weighted by Gasteiger charge is -2.07. The number of halogens is 2. The van der Waals surface area contributed by atoms with Crippen LogP contribution in [0.5, 0.6) is 11.5 Å². The number of urea groups is 1. The molecule has 0 fully saturated rings. The van der Waals surface area contributed by atoms with Crippen molar-refractivity contribution in [1.82, 2.24) is 10.3 Å². The average Bonchev–Trinajstić information content (AvgIpc) is 3.16. The molecule has 0 aliphatic rings. The summed E-state index contributed by atoms with van der Waals surface area (Å²) in [5.41, 5.74) is 0.272. The molecule has 0 aliphatic carbocycles. The van der Waals surface area contributed by atoms with Crippen molar-refractivity contribution in [3.8, 4) is 11.5 Å². The molecule has 0 bridgehead atoms. The monoisotopic (exact) mass is 470 g/mol. The SMILES string of the molecule is CNC(=O)c1cc(Oc2ccc3cc(NC(=O)Nc4ccc(Cl)cc4F)sc3c2)ccn1. The highest BCUT2D eigenvalue weighted by atomic mass is 35.5. The van der Waals surface area contributed by atoms with Crippen LogP contribution in [0.4, 0.5) is 19.9 Å². The number of ether oxygens (including phenoxy) is 1. The molecule has 3 N–H and O–H groups in total. The predicted octanol–water partition coefficient (Wildman–Crippen LogP) is 5.88. The van der Waals surface area contributed by atoms with Crippen molar-refractivity contribution in [2.24, 2.45) is 0 Å². The van der Waals surface area contributed by atoms with E-state index in [4.69, 9.17) is 16.3 Å². The highest BCUT2D eigenvalue weighted by molar-refractivity contribution is 7.23. The maximum Gasteiger partial charge on any atom is 0.324 e. The lowest BCUT2D eigenvalue weighted by atomic mass is 10.2. The highest BCUT2D eigenvalue weighted by Crippen LogP contribution is 2.34. The number of hydrogen-bond donors (Lipinski definition) is 3. The molecule has 0 unspecified atom stereocenters. The largest absolute Gasteiger partial charge is 0.457 e. The topological polar surface area (TPSA) is 92.4 Å². The molecule has 32 heavy (non-hydrogen) atoms. The van der Waals surface area contributed by atoms with Gasteiger partial charge in [0.2, 0.25) is 0 Å². The smallest absolute Gasteiger partial charge is 0.324 e. The Labute approximate surface area is 191 Å². The number of nitrogens with one attached hydrogen (secondary N) is 3. The normalized spacial score (nSPS) is 10.6. The van der Waals surface area contributed by atoms with E-state index in [1.165, 1.54) is 36.7 Å². The van der Waals surface area contributed by atoms with Crippen LogP contribution in [-0.2, 0) is 0 Å². The van der Waals surface area contributed by atoms with E-state index in [0.717, 1.165) is 16.2 Å². The van der Waals surface area contributed by atoms with Gasteiger partial charge in [-0.1, -0.05) is 11.6 Å². The number of rotatable bonds is 5. The van der Waals surface area contributed by atoms with Crippen LogP contribution in [0.3, 0.4) is 0 Å². The molecule has 4 aromatic rings. The molecule has 162 valence electrons. The van der Waals surface area contributed by atoms with Crippen LogP contribution in [0.15, 0.2) is 60.8 Å². The summed E-state index contributed by atoms with van der Waals surface area (Å²) in [7, 11) is 1.53. The number of thiophene rings is 1. The molecule has 2 aromatic carbocycles. The summed E-state index contributed by atoms with van der Waals surface area (Å²) < 4.78 is 20.6. The molecular formula is C22H16ClFN4O3S. The predicted molar refractivity (Wildman–Crippen MR) is 124 cm³/mol. The summed E-state index contributed by atoms with van der Waals surface area (Å²) in [6, 6.07) is 13.9. The molecular weight excluding hydrogens is 455 g/mol. The van der Waals surface area contributed by atoms with Gasteiger partial charge in [-0.2, -0.15) is 0 Å². The van der Waals surface area contributed by atoms with Crippen molar-refractivity contribution in [3.05, 3.63) is 77.3 Å². The van der Waals surface area contributed by atoms with Crippen LogP contribution < -0.4 is 20.7 Å². The molecule has 0 spiro atoms. The summed E-state index contributed by atoms with van der Waals surface area (Å²) in [6.07, 6.45) is 1.49. The Morgan fingerprint density at radius 1 is 1.03 bits per heavy atom. The van der Waals surface area contributed by atoms with E-state index < -0.39 is 11.8 Å². The van der Waals surface area contributed by atoms with Gasteiger partial charge in [-0.05, 0) is 53.9 Å². The molecule has 0 atom stereocenters. The fourth-order valence-corrected chi connectivity index (χ4v) is 4.00. The van der Waals surface area contributed by atoms with Crippen molar-refractivity contribution in [1.29, 1.82) is 0 Å². The minimum absolute atomic E-state index is 0.0252. The van der Waals surface area contributed by atoms with Gasteiger partial charge in [-0.3, -0.25) is 15.1 Å². The van der Waals surface area contributed by atoms with Crippen molar-refractivity contribution in [2.45, 2.75) is 0 Å². The van der Waals surface area contributed by atoms with Crippen LogP contribution in [0.1, 0.15) is 10.5 Å². The fraction of sp³-hybridized carbons (Fsp3) is 0.0455. The average molecular weight is 471 g/mol. The standard InChI is InChI=1S/C22H16ClFN4O3S/c1-25-21(29)18-10-15(6-7-26-18)31-14-4-2-12-8-20(32-19(12)11-14)28-22(30)27-17-5-3-13(23)9-16(17)24/h2-11H,1H3,(H,25,29)(H2,27,28,30). The molecule has 0 saturated heterocycles. The first-order chi connectivity index (χ1) is 15.4. The lowest BCUT2D eigenvalue weighted by Crippen LogP contribution is -2.19. The highest BCUT2D eigenvalue weighted by Gasteiger charge is 2.11. The van der Waals surface area contributed by atoms with Crippen molar-refractivity contribution in [3.63, 3.8) is 0 Å². The Morgan fingerprint density at radius 3 is 2.62 bits per heavy atom. The first-order valence-electron chi connectivity index (χ1n) is 9.34. The first-order valence-corrected chi connectivity index (χ1v) is 10.5. The summed E-state index contributed by atoms with van der Waals surface area (Å²) in [4.78, 5) is 28.0. The fourth-order valence-electron chi connectivity index (χ4n) is 2.86. The van der Waals surface area contributed by atoms with E-state index in [1.54, 1.807) is 24.3 Å². The molecule has 3 amide bonds. The third kappa shape index (κ3) is 4.96. The Morgan fingerprint density at radius 2 is 1.84 bits per heavy atom. The van der Waals surface area contributed by atoms with Gasteiger partial charge in [-0.25, -0.2) is 9.18 Å². The van der Waals surface area contributed by atoms with Crippen LogP contribution in [-0.4, -0.2) is 24.0 Å². The summed E-state index contributed by atoms with van der Waals surface area (Å²) in [6.45, 7) is 0. The van der Waals surface area contributed by atoms with Gasteiger partial charge in [0.15, 0.2) is 0 Å². The number of nitrogens with zero attached hydrogens (tertiary/aromatic N) is 1. The zero-order valence-corrected chi connectivity index (χ0v) is 18.2. The third-order valence-electron chi connectivity index (χ3n) is 4.33. The van der Waals surface area contributed by atoms with Crippen molar-refractivity contribution >= 4 is 55.7 Å². The van der Waals surface area contributed by atoms with Gasteiger partial charge in [0, 0.05) is 29.0 Å². The number of pyridine rings is 1. The van der Waals surface area contributed by atoms with Gasteiger partial charge in [0.1, 0.15) is 23.0 Å². The number of carbonyl (C=O) groups excluding carboxylic acids is 2. The van der Waals surface area contributed by atoms with E-state index in [0.29, 0.717) is 16.5 Å². The van der Waals surface area contributed by atoms with E-state index in [1.807, 2.05) is 12.1 Å². The van der Waals surface area contributed by atoms with Crippen LogP contribution in [0, 0.1) is 5.82 Å². The second kappa shape index (κ2) is 9.21. The Bertz CT molecular complexity index is 1330. The second-order valence-electron chi connectivity index (χ2n) is 6.57. The number of anilines is 2. The molecule has 10 heteroatoms. The molecule has 0 radical (unpaired) electrons. The van der Waals surface area contributed by atoms with Gasteiger partial charge in [0.05, 0.1) is 10.7 Å². The van der Waals surface area contributed by atoms with E-state index in [-0.39, 0.29) is 22.3 Å². The van der Waals surface area contributed by atoms with E-state index in [2.05, 4.69) is 20.9 Å². The second-order valence-corrected chi connectivity index (χ2v) is 8.09. The quantitative estimate of drug-likeness (QED) is 0.339. The Hall–Kier alpha value is -3.69. The van der Waals surface area contributed by atoms with Gasteiger partial charge >= 0.3 is 6.03 Å². The number of hydrogen-bond acceptors (Lipinski definition) is 5. The van der Waals surface area contributed by atoms with E-state index in [9.17, 15) is 14.0 Å². The minimum atomic E-state index is -0.624. The molecule has 0 aliphatic heterocycles. The molecule has 0 saturated carbocycles. The van der Waals surface area contributed by atoms with Gasteiger partial charge in [0.25, 0.3) is 5.91 Å². The first kappa shape index (κ1) is 21.5. The Balaban J connectivity index is 1.47. The van der Waals surface area contributed by atoms with E-state index >= 15 is 0 Å². The summed E-state index contributed by atoms with van der Waals surface area (Å²) >= 11 is 7.06. The van der Waals surface area contributed by atoms with Gasteiger partial charge in [-0.15, -0.1) is 11.3 Å². The van der Waals surface area contributed by atoms with Gasteiger partial charge < -0.3 is 15.4 Å². The summed E-state index contributed by atoms with van der Waals surface area (Å²) in [5, 5.41) is 9.38. The van der Waals surface area contributed by atoms with Crippen molar-refractivity contribution < 1.29 is 18.7 Å². The number of benzene rings is 2. The van der Waals surface area contributed by atoms with Crippen LogP contribution in [0.2, 0.25) is 5.02 Å². The molecule has 2 aromatic heterocycles. The Kier molecular flexibility index (Phi) is 6.20. The molecule has 4 rings (SSSR count). The maximum atomic E-state index is 13.9. The maximum absolute atomic E-state index is 13.9. The number of amides is 3. The third-order valence-corrected chi connectivity index (χ3v) is 5.58. The zero-order chi connectivity index (χ0) is 22.7. The molecule has 2 heterocycles. The zero-order valence-electron chi connectivity index (χ0n) is 16.6. The molecule has 7 nitrogen and oxygen atoms in total. The minimum Gasteiger partial charge on any atom is -0.457 e.